The molecule has 1 saturated heterocycles. The van der Waals surface area contributed by atoms with E-state index in [9.17, 15) is 4.79 Å². The average Bonchev–Trinajstić information content (AvgIpc) is 2.96. The van der Waals surface area contributed by atoms with Crippen LogP contribution in [-0.4, -0.2) is 40.2 Å². The minimum atomic E-state index is -0.0976. The molecular weight excluding hydrogens is 300 g/mol. The Bertz CT molecular complexity index is 655. The van der Waals surface area contributed by atoms with Gasteiger partial charge in [0.25, 0.3) is 5.91 Å². The third-order valence-electron chi connectivity index (χ3n) is 3.91. The predicted octanol–water partition coefficient (Wildman–Crippen LogP) is 2.34. The molecular formula is C16H19ClN4O. The zero-order valence-corrected chi connectivity index (χ0v) is 13.3. The van der Waals surface area contributed by atoms with E-state index < -0.39 is 0 Å². The van der Waals surface area contributed by atoms with E-state index in [0.717, 1.165) is 6.54 Å². The number of hydrogen-bond acceptors (Lipinski definition) is 3. The fourth-order valence-electron chi connectivity index (χ4n) is 2.70. The van der Waals surface area contributed by atoms with Gasteiger partial charge in [0, 0.05) is 38.4 Å². The second-order valence-electron chi connectivity index (χ2n) is 5.35. The number of aromatic nitrogens is 2. The maximum atomic E-state index is 12.7. The number of nitrogens with one attached hydrogen (secondary N) is 1. The number of aryl methyl sites for hydroxylation is 1. The highest BCUT2D eigenvalue weighted by Crippen LogP contribution is 2.21. The lowest BCUT2D eigenvalue weighted by molar-refractivity contribution is 0.0696. The lowest BCUT2D eigenvalue weighted by atomic mass is 10.0. The molecule has 0 spiro atoms. The highest BCUT2D eigenvalue weighted by Gasteiger charge is 2.27. The molecule has 0 unspecified atom stereocenters. The number of piperazine rings is 1. The molecule has 2 heterocycles. The van der Waals surface area contributed by atoms with Crippen LogP contribution in [0, 0.1) is 0 Å². The molecule has 5 nitrogen and oxygen atoms in total. The van der Waals surface area contributed by atoms with Gasteiger partial charge in [0.15, 0.2) is 5.69 Å². The SMILES string of the molecule is CCn1cc(Cl)c(C(=O)N2CCN[C@@H](c3ccccc3)C2)n1. The minimum absolute atomic E-state index is 0.0976. The van der Waals surface area contributed by atoms with Gasteiger partial charge in [-0.15, -0.1) is 0 Å². The van der Waals surface area contributed by atoms with Crippen molar-refractivity contribution in [2.24, 2.45) is 0 Å². The zero-order chi connectivity index (χ0) is 15.5. The van der Waals surface area contributed by atoms with Crippen molar-refractivity contribution in [1.29, 1.82) is 0 Å². The van der Waals surface area contributed by atoms with Crippen molar-refractivity contribution in [2.75, 3.05) is 19.6 Å². The van der Waals surface area contributed by atoms with Gasteiger partial charge >= 0.3 is 0 Å². The van der Waals surface area contributed by atoms with E-state index in [-0.39, 0.29) is 11.9 Å². The molecule has 1 amide bonds. The molecule has 1 aliphatic rings. The summed E-state index contributed by atoms with van der Waals surface area (Å²) in [5.41, 5.74) is 1.53. The zero-order valence-electron chi connectivity index (χ0n) is 12.5. The van der Waals surface area contributed by atoms with Crippen LogP contribution in [0.2, 0.25) is 5.02 Å². The Morgan fingerprint density at radius 3 is 2.86 bits per heavy atom. The van der Waals surface area contributed by atoms with E-state index in [1.807, 2.05) is 30.0 Å². The number of carbonyl (C=O) groups excluding carboxylic acids is 1. The van der Waals surface area contributed by atoms with Crippen LogP contribution in [0.5, 0.6) is 0 Å². The Morgan fingerprint density at radius 2 is 2.18 bits per heavy atom. The van der Waals surface area contributed by atoms with Gasteiger partial charge in [-0.2, -0.15) is 5.10 Å². The maximum absolute atomic E-state index is 12.7. The summed E-state index contributed by atoms with van der Waals surface area (Å²) in [5.74, 6) is -0.0976. The molecule has 1 fully saturated rings. The van der Waals surface area contributed by atoms with Crippen LogP contribution in [0.4, 0.5) is 0 Å². The summed E-state index contributed by atoms with van der Waals surface area (Å²) < 4.78 is 1.69. The first-order chi connectivity index (χ1) is 10.7. The van der Waals surface area contributed by atoms with Crippen molar-refractivity contribution in [3.05, 3.63) is 52.8 Å². The summed E-state index contributed by atoms with van der Waals surface area (Å²) in [5, 5.41) is 8.14. The highest BCUT2D eigenvalue weighted by atomic mass is 35.5. The van der Waals surface area contributed by atoms with Crippen LogP contribution < -0.4 is 5.32 Å². The third-order valence-corrected chi connectivity index (χ3v) is 4.18. The van der Waals surface area contributed by atoms with E-state index >= 15 is 0 Å². The van der Waals surface area contributed by atoms with Gasteiger partial charge in [-0.1, -0.05) is 41.9 Å². The smallest absolute Gasteiger partial charge is 0.276 e. The summed E-state index contributed by atoms with van der Waals surface area (Å²) in [6.45, 7) is 4.71. The fraction of sp³-hybridized carbons (Fsp3) is 0.375. The number of carbonyl (C=O) groups is 1. The lowest BCUT2D eigenvalue weighted by Crippen LogP contribution is -2.48. The second-order valence-corrected chi connectivity index (χ2v) is 5.76. The number of benzene rings is 1. The van der Waals surface area contributed by atoms with E-state index in [0.29, 0.717) is 30.4 Å². The molecule has 1 aromatic heterocycles. The largest absolute Gasteiger partial charge is 0.334 e. The van der Waals surface area contributed by atoms with Crippen LogP contribution in [0.15, 0.2) is 36.5 Å². The van der Waals surface area contributed by atoms with Crippen molar-refractivity contribution >= 4 is 17.5 Å². The summed E-state index contributed by atoms with van der Waals surface area (Å²) in [6.07, 6.45) is 1.70. The summed E-state index contributed by atoms with van der Waals surface area (Å²) in [7, 11) is 0. The van der Waals surface area contributed by atoms with Crippen molar-refractivity contribution in [3.8, 4) is 0 Å². The normalized spacial score (nSPS) is 18.5. The molecule has 1 N–H and O–H groups in total. The molecule has 0 saturated carbocycles. The fourth-order valence-corrected chi connectivity index (χ4v) is 2.93. The Balaban J connectivity index is 1.76. The molecule has 3 rings (SSSR count). The predicted molar refractivity (Wildman–Crippen MR) is 86.0 cm³/mol. The van der Waals surface area contributed by atoms with Gasteiger partial charge in [0.05, 0.1) is 5.02 Å². The van der Waals surface area contributed by atoms with Crippen molar-refractivity contribution in [2.45, 2.75) is 19.5 Å². The van der Waals surface area contributed by atoms with Crippen LogP contribution in [-0.2, 0) is 6.54 Å². The molecule has 0 bridgehead atoms. The van der Waals surface area contributed by atoms with Crippen LogP contribution in [0.25, 0.3) is 0 Å². The summed E-state index contributed by atoms with van der Waals surface area (Å²) >= 11 is 6.14. The number of rotatable bonds is 3. The Morgan fingerprint density at radius 1 is 1.41 bits per heavy atom. The molecule has 1 aromatic carbocycles. The molecule has 116 valence electrons. The maximum Gasteiger partial charge on any atom is 0.276 e. The van der Waals surface area contributed by atoms with E-state index in [1.165, 1.54) is 5.56 Å². The van der Waals surface area contributed by atoms with E-state index in [2.05, 4.69) is 22.5 Å². The lowest BCUT2D eigenvalue weighted by Gasteiger charge is -2.33. The number of amides is 1. The molecule has 6 heteroatoms. The van der Waals surface area contributed by atoms with Crippen LogP contribution >= 0.6 is 11.6 Å². The van der Waals surface area contributed by atoms with Gasteiger partial charge in [0.2, 0.25) is 0 Å². The molecule has 1 aliphatic heterocycles. The van der Waals surface area contributed by atoms with Crippen LogP contribution in [0.1, 0.15) is 29.0 Å². The molecule has 0 aliphatic carbocycles. The van der Waals surface area contributed by atoms with Gasteiger partial charge in [-0.05, 0) is 12.5 Å². The van der Waals surface area contributed by atoms with Gasteiger partial charge in [0.1, 0.15) is 0 Å². The third kappa shape index (κ3) is 3.00. The number of nitrogens with zero attached hydrogens (tertiary/aromatic N) is 3. The first kappa shape index (κ1) is 15.1. The van der Waals surface area contributed by atoms with Gasteiger partial charge < -0.3 is 10.2 Å². The van der Waals surface area contributed by atoms with Gasteiger partial charge in [-0.25, -0.2) is 0 Å². The van der Waals surface area contributed by atoms with E-state index in [4.69, 9.17) is 11.6 Å². The molecule has 22 heavy (non-hydrogen) atoms. The number of halogens is 1. The topological polar surface area (TPSA) is 50.2 Å². The van der Waals surface area contributed by atoms with Crippen molar-refractivity contribution in [1.82, 2.24) is 20.0 Å². The summed E-state index contributed by atoms with van der Waals surface area (Å²) in [6, 6.07) is 10.3. The highest BCUT2D eigenvalue weighted by molar-refractivity contribution is 6.33. The average molecular weight is 319 g/mol. The van der Waals surface area contributed by atoms with E-state index in [1.54, 1.807) is 10.9 Å². The summed E-state index contributed by atoms with van der Waals surface area (Å²) in [4.78, 5) is 14.5. The van der Waals surface area contributed by atoms with Crippen molar-refractivity contribution < 1.29 is 4.79 Å². The second kappa shape index (κ2) is 6.50. The minimum Gasteiger partial charge on any atom is -0.334 e. The Labute approximate surface area is 134 Å². The molecule has 2 aromatic rings. The van der Waals surface area contributed by atoms with Gasteiger partial charge in [-0.3, -0.25) is 9.48 Å². The van der Waals surface area contributed by atoms with Crippen molar-refractivity contribution in [3.63, 3.8) is 0 Å². The monoisotopic (exact) mass is 318 g/mol. The standard InChI is InChI=1S/C16H19ClN4O/c1-2-21-10-13(17)15(19-21)16(22)20-9-8-18-14(11-20)12-6-4-3-5-7-12/h3-7,10,14,18H,2,8-9,11H2,1H3/t14-/m1/s1. The van der Waals surface area contributed by atoms with Crippen LogP contribution in [0.3, 0.4) is 0 Å². The molecule has 0 radical (unpaired) electrons. The Hall–Kier alpha value is -1.85. The first-order valence-electron chi connectivity index (χ1n) is 7.49. The molecule has 1 atom stereocenters. The quantitative estimate of drug-likeness (QED) is 0.945. The Kier molecular flexibility index (Phi) is 4.45. The first-order valence-corrected chi connectivity index (χ1v) is 7.87. The number of hydrogen-bond donors (Lipinski definition) is 1.